The molecule has 0 bridgehead atoms. The van der Waals surface area contributed by atoms with Crippen molar-refractivity contribution in [1.82, 2.24) is 15.2 Å². The molecule has 2 heterocycles. The molecule has 0 radical (unpaired) electrons. The van der Waals surface area contributed by atoms with Crippen molar-refractivity contribution in [1.29, 1.82) is 0 Å². The highest BCUT2D eigenvalue weighted by Crippen LogP contribution is 2.34. The minimum atomic E-state index is -4.47. The third-order valence-corrected chi connectivity index (χ3v) is 2.76. The molecule has 0 saturated heterocycles. The fourth-order valence-corrected chi connectivity index (χ4v) is 1.76. The van der Waals surface area contributed by atoms with Crippen LogP contribution in [-0.2, 0) is 6.18 Å². The molecule has 1 aromatic heterocycles. The molecular weight excluding hydrogens is 273 g/mol. The summed E-state index contributed by atoms with van der Waals surface area (Å²) in [5.41, 5.74) is -0.865. The zero-order valence-electron chi connectivity index (χ0n) is 10.9. The van der Waals surface area contributed by atoms with Crippen LogP contribution in [0.2, 0.25) is 0 Å². The van der Waals surface area contributed by atoms with Crippen LogP contribution in [0.25, 0.3) is 0 Å². The van der Waals surface area contributed by atoms with Gasteiger partial charge in [-0.1, -0.05) is 0 Å². The topological polar surface area (TPSA) is 49.8 Å². The van der Waals surface area contributed by atoms with Crippen LogP contribution in [0, 0.1) is 0 Å². The van der Waals surface area contributed by atoms with Crippen molar-refractivity contribution >= 4 is 5.96 Å². The van der Waals surface area contributed by atoms with Gasteiger partial charge in [0.2, 0.25) is 5.88 Å². The Kier molecular flexibility index (Phi) is 4.31. The molecule has 0 spiro atoms. The lowest BCUT2D eigenvalue weighted by molar-refractivity contribution is -0.139. The van der Waals surface area contributed by atoms with Gasteiger partial charge in [0.05, 0.1) is 13.1 Å². The van der Waals surface area contributed by atoms with E-state index in [-0.39, 0.29) is 6.61 Å². The molecule has 1 aliphatic heterocycles. The van der Waals surface area contributed by atoms with Crippen LogP contribution < -0.4 is 10.1 Å². The molecule has 1 aromatic rings. The smallest absolute Gasteiger partial charge is 0.421 e. The van der Waals surface area contributed by atoms with Gasteiger partial charge in [-0.25, -0.2) is 4.98 Å². The Balaban J connectivity index is 1.85. The summed E-state index contributed by atoms with van der Waals surface area (Å²) in [7, 11) is 1.89. The summed E-state index contributed by atoms with van der Waals surface area (Å²) in [6.45, 7) is 1.99. The van der Waals surface area contributed by atoms with E-state index in [0.717, 1.165) is 25.1 Å². The Morgan fingerprint density at radius 3 is 2.90 bits per heavy atom. The van der Waals surface area contributed by atoms with E-state index in [1.165, 1.54) is 12.3 Å². The zero-order chi connectivity index (χ0) is 14.6. The Hall–Kier alpha value is -1.99. The highest BCUT2D eigenvalue weighted by atomic mass is 19.4. The molecule has 5 nitrogen and oxygen atoms in total. The SMILES string of the molecule is CN1CCN=C1NCCOc1ncccc1C(F)(F)F. The number of aliphatic imine (C=N–C) groups is 1. The van der Waals surface area contributed by atoms with Crippen molar-refractivity contribution in [3.8, 4) is 5.88 Å². The molecule has 20 heavy (non-hydrogen) atoms. The van der Waals surface area contributed by atoms with Crippen LogP contribution in [-0.4, -0.2) is 49.1 Å². The van der Waals surface area contributed by atoms with E-state index in [0.29, 0.717) is 6.54 Å². The van der Waals surface area contributed by atoms with Crippen molar-refractivity contribution in [2.75, 3.05) is 33.3 Å². The van der Waals surface area contributed by atoms with Crippen LogP contribution >= 0.6 is 0 Å². The first-order chi connectivity index (χ1) is 9.48. The third-order valence-electron chi connectivity index (χ3n) is 2.76. The lowest BCUT2D eigenvalue weighted by Crippen LogP contribution is -2.37. The van der Waals surface area contributed by atoms with Crippen molar-refractivity contribution in [2.24, 2.45) is 4.99 Å². The molecule has 0 fully saturated rings. The second-order valence-electron chi connectivity index (χ2n) is 4.26. The second kappa shape index (κ2) is 5.98. The molecule has 1 N–H and O–H groups in total. The molecule has 0 aliphatic carbocycles. The van der Waals surface area contributed by atoms with E-state index >= 15 is 0 Å². The van der Waals surface area contributed by atoms with Gasteiger partial charge in [0.15, 0.2) is 5.96 Å². The van der Waals surface area contributed by atoms with Gasteiger partial charge in [-0.15, -0.1) is 0 Å². The monoisotopic (exact) mass is 288 g/mol. The van der Waals surface area contributed by atoms with Gasteiger partial charge in [-0.2, -0.15) is 13.2 Å². The highest BCUT2D eigenvalue weighted by molar-refractivity contribution is 5.81. The summed E-state index contributed by atoms with van der Waals surface area (Å²) in [6.07, 6.45) is -3.19. The summed E-state index contributed by atoms with van der Waals surface area (Å²) in [6, 6.07) is 2.18. The molecule has 0 saturated carbocycles. The van der Waals surface area contributed by atoms with Crippen LogP contribution in [0.4, 0.5) is 13.2 Å². The summed E-state index contributed by atoms with van der Waals surface area (Å²) in [5.74, 6) is 0.328. The van der Waals surface area contributed by atoms with Crippen molar-refractivity contribution in [3.05, 3.63) is 23.9 Å². The normalized spacial score (nSPS) is 15.2. The Bertz CT molecular complexity index is 490. The maximum Gasteiger partial charge on any atom is 0.421 e. The molecule has 2 rings (SSSR count). The maximum absolute atomic E-state index is 12.7. The Morgan fingerprint density at radius 1 is 1.45 bits per heavy atom. The number of likely N-dealkylation sites (N-methyl/N-ethyl adjacent to an activating group) is 1. The van der Waals surface area contributed by atoms with Gasteiger partial charge >= 0.3 is 6.18 Å². The van der Waals surface area contributed by atoms with Gasteiger partial charge < -0.3 is 15.0 Å². The summed E-state index contributed by atoms with van der Waals surface area (Å²) >= 11 is 0. The highest BCUT2D eigenvalue weighted by Gasteiger charge is 2.34. The quantitative estimate of drug-likeness (QED) is 0.850. The van der Waals surface area contributed by atoms with Crippen molar-refractivity contribution < 1.29 is 17.9 Å². The number of hydrogen-bond donors (Lipinski definition) is 1. The Labute approximate surface area is 114 Å². The fraction of sp³-hybridized carbons (Fsp3) is 0.500. The lowest BCUT2D eigenvalue weighted by atomic mass is 10.2. The van der Waals surface area contributed by atoms with E-state index < -0.39 is 17.6 Å². The minimum absolute atomic E-state index is 0.0763. The second-order valence-corrected chi connectivity index (χ2v) is 4.26. The third kappa shape index (κ3) is 3.52. The minimum Gasteiger partial charge on any atom is -0.475 e. The molecule has 110 valence electrons. The van der Waals surface area contributed by atoms with Gasteiger partial charge in [-0.05, 0) is 12.1 Å². The van der Waals surface area contributed by atoms with Gasteiger partial charge in [-0.3, -0.25) is 4.99 Å². The maximum atomic E-state index is 12.7. The number of guanidine groups is 1. The fourth-order valence-electron chi connectivity index (χ4n) is 1.76. The number of halogens is 3. The first-order valence-electron chi connectivity index (χ1n) is 6.13. The standard InChI is InChI=1S/C12H15F3N4O/c1-19-7-5-17-11(19)18-6-8-20-10-9(12(13,14)15)3-2-4-16-10/h2-4H,5-8H2,1H3,(H,17,18). The van der Waals surface area contributed by atoms with E-state index in [4.69, 9.17) is 4.74 Å². The largest absolute Gasteiger partial charge is 0.475 e. The number of nitrogens with one attached hydrogen (secondary N) is 1. The average Bonchev–Trinajstić information content (AvgIpc) is 2.80. The van der Waals surface area contributed by atoms with Crippen molar-refractivity contribution in [2.45, 2.75) is 6.18 Å². The first-order valence-corrected chi connectivity index (χ1v) is 6.13. The lowest BCUT2D eigenvalue weighted by Gasteiger charge is -2.16. The van der Waals surface area contributed by atoms with E-state index in [2.05, 4.69) is 15.3 Å². The molecule has 0 atom stereocenters. The molecule has 1 aliphatic rings. The Morgan fingerprint density at radius 2 is 2.25 bits per heavy atom. The number of alkyl halides is 3. The van der Waals surface area contributed by atoms with Crippen LogP contribution in [0.3, 0.4) is 0 Å². The number of nitrogens with zero attached hydrogens (tertiary/aromatic N) is 3. The van der Waals surface area contributed by atoms with Gasteiger partial charge in [0.1, 0.15) is 12.2 Å². The van der Waals surface area contributed by atoms with Gasteiger partial charge in [0.25, 0.3) is 0 Å². The summed E-state index contributed by atoms with van der Waals surface area (Å²) in [5, 5.41) is 3.00. The summed E-state index contributed by atoms with van der Waals surface area (Å²) in [4.78, 5) is 9.75. The van der Waals surface area contributed by atoms with Crippen molar-refractivity contribution in [3.63, 3.8) is 0 Å². The van der Waals surface area contributed by atoms with Crippen LogP contribution in [0.1, 0.15) is 5.56 Å². The predicted molar refractivity (Wildman–Crippen MR) is 67.7 cm³/mol. The molecule has 0 unspecified atom stereocenters. The molecule has 0 aromatic carbocycles. The number of ether oxygens (including phenoxy) is 1. The number of aromatic nitrogens is 1. The molecule has 0 amide bonds. The molecular formula is C12H15F3N4O. The van der Waals surface area contributed by atoms with Crippen LogP contribution in [0.5, 0.6) is 5.88 Å². The predicted octanol–water partition coefficient (Wildman–Crippen LogP) is 1.37. The van der Waals surface area contributed by atoms with E-state index in [1.807, 2.05) is 11.9 Å². The van der Waals surface area contributed by atoms with Gasteiger partial charge in [0, 0.05) is 19.8 Å². The molecule has 8 heteroatoms. The number of rotatable bonds is 4. The zero-order valence-corrected chi connectivity index (χ0v) is 10.9. The van der Waals surface area contributed by atoms with Crippen LogP contribution in [0.15, 0.2) is 23.3 Å². The summed E-state index contributed by atoms with van der Waals surface area (Å²) < 4.78 is 43.2. The first kappa shape index (κ1) is 14.4. The van der Waals surface area contributed by atoms with E-state index in [1.54, 1.807) is 0 Å². The average molecular weight is 288 g/mol. The van der Waals surface area contributed by atoms with E-state index in [9.17, 15) is 13.2 Å². The number of hydrogen-bond acceptors (Lipinski definition) is 5. The number of pyridine rings is 1.